The summed E-state index contributed by atoms with van der Waals surface area (Å²) in [5.41, 5.74) is 0.814. The molecular formula is C9H9O3Po. The standard InChI is InChI=1S/C9H9O3.Po/c1-6-5-8(12-7(2)10)3-4-9(6)11;/h3-5,11H,1H2,2H3;. The maximum atomic E-state index is 10.6. The third kappa shape index (κ3) is 2.97. The zero-order chi connectivity index (χ0) is 9.84. The third-order valence-corrected chi connectivity index (χ3v) is 2.68. The first kappa shape index (κ1) is 10.5. The Hall–Kier alpha value is -0.614. The van der Waals surface area contributed by atoms with E-state index in [4.69, 9.17) is 4.74 Å². The van der Waals surface area contributed by atoms with Crippen molar-refractivity contribution in [1.82, 2.24) is 0 Å². The number of ether oxygens (including phenoxy) is 1. The molecule has 0 unspecified atom stereocenters. The second kappa shape index (κ2) is 4.57. The van der Waals surface area contributed by atoms with Gasteiger partial charge < -0.3 is 0 Å². The van der Waals surface area contributed by atoms with Crippen molar-refractivity contribution < 1.29 is 14.6 Å². The van der Waals surface area contributed by atoms with E-state index in [1.807, 2.05) is 0 Å². The van der Waals surface area contributed by atoms with Gasteiger partial charge in [0.15, 0.2) is 0 Å². The van der Waals surface area contributed by atoms with Crippen molar-refractivity contribution in [3.05, 3.63) is 23.8 Å². The summed E-state index contributed by atoms with van der Waals surface area (Å²) in [5.74, 6) is 0.396. The van der Waals surface area contributed by atoms with E-state index in [1.165, 1.54) is 38.1 Å². The number of hydrogen-bond acceptors (Lipinski definition) is 3. The van der Waals surface area contributed by atoms with Crippen molar-refractivity contribution in [2.45, 2.75) is 11.0 Å². The molecule has 0 bridgehead atoms. The molecule has 3 nitrogen and oxygen atoms in total. The van der Waals surface area contributed by atoms with Crippen molar-refractivity contribution in [2.24, 2.45) is 0 Å². The van der Waals surface area contributed by atoms with Gasteiger partial charge in [-0.25, -0.2) is 0 Å². The zero-order valence-electron chi connectivity index (χ0n) is 7.11. The Labute approximate surface area is 91.8 Å². The van der Waals surface area contributed by atoms with E-state index in [-0.39, 0.29) is 11.7 Å². The van der Waals surface area contributed by atoms with Crippen LogP contribution in [-0.2, 0) is 8.87 Å². The number of aromatic hydroxyl groups is 1. The molecule has 0 aliphatic heterocycles. The molecule has 13 heavy (non-hydrogen) atoms. The minimum atomic E-state index is -0.347. The van der Waals surface area contributed by atoms with E-state index in [0.29, 0.717) is 5.75 Å². The predicted octanol–water partition coefficient (Wildman–Crippen LogP) is 0.986. The van der Waals surface area contributed by atoms with E-state index in [0.717, 1.165) is 9.64 Å². The van der Waals surface area contributed by atoms with Crippen LogP contribution >= 0.6 is 0 Å². The Morgan fingerprint density at radius 1 is 1.62 bits per heavy atom. The topological polar surface area (TPSA) is 46.5 Å². The molecule has 1 rings (SSSR count). The maximum absolute atomic E-state index is 10.6. The summed E-state index contributed by atoms with van der Waals surface area (Å²) >= 11 is 1.35. The molecule has 1 aromatic rings. The summed E-state index contributed by atoms with van der Waals surface area (Å²) < 4.78 is 5.66. The van der Waals surface area contributed by atoms with E-state index in [1.54, 1.807) is 12.1 Å². The molecule has 1 N–H and O–H groups in total. The Balaban J connectivity index is 2.92. The normalized spacial score (nSPS) is 9.69. The molecule has 0 aliphatic carbocycles. The Kier molecular flexibility index (Phi) is 3.68. The molecule has 1 radical (unpaired) electrons. The van der Waals surface area contributed by atoms with E-state index < -0.39 is 0 Å². The van der Waals surface area contributed by atoms with Crippen LogP contribution in [0.25, 0.3) is 0 Å². The van der Waals surface area contributed by atoms with Crippen LogP contribution in [0.15, 0.2) is 18.2 Å². The van der Waals surface area contributed by atoms with Crippen molar-refractivity contribution in [2.75, 3.05) is 0 Å². The average Bonchev–Trinajstić information content (AvgIpc) is 2.07. The van der Waals surface area contributed by atoms with Gasteiger partial charge >= 0.3 is 91.9 Å². The number of carbonyl (C=O) groups excluding carboxylic acids is 1. The SMILES string of the molecule is CC(=O)Oc1ccc(O)c([CH2][Po])c1. The average molecular weight is 374 g/mol. The van der Waals surface area contributed by atoms with Gasteiger partial charge in [-0.05, 0) is 0 Å². The van der Waals surface area contributed by atoms with Crippen LogP contribution in [0.1, 0.15) is 12.5 Å². The number of phenols is 1. The minimum absolute atomic E-state index is 0.255. The monoisotopic (exact) mass is 374 g/mol. The summed E-state index contributed by atoms with van der Waals surface area (Å²) in [6, 6.07) is 4.80. The van der Waals surface area contributed by atoms with Crippen LogP contribution in [0.4, 0.5) is 0 Å². The van der Waals surface area contributed by atoms with E-state index in [9.17, 15) is 9.90 Å². The van der Waals surface area contributed by atoms with Crippen LogP contribution in [0.5, 0.6) is 11.5 Å². The zero-order valence-corrected chi connectivity index (χ0v) is 10.3. The number of benzene rings is 1. The summed E-state index contributed by atoms with van der Waals surface area (Å²) in [5, 5.41) is 9.34. The fraction of sp³-hybridized carbons (Fsp3) is 0.222. The fourth-order valence-corrected chi connectivity index (χ4v) is 1.81. The summed E-state index contributed by atoms with van der Waals surface area (Å²) in [7, 11) is 0. The van der Waals surface area contributed by atoms with Crippen LogP contribution in [0, 0.1) is 0 Å². The van der Waals surface area contributed by atoms with E-state index >= 15 is 0 Å². The summed E-state index contributed by atoms with van der Waals surface area (Å²) in [4.78, 5) is 10.6. The number of rotatable bonds is 2. The molecule has 0 saturated carbocycles. The summed E-state index contributed by atoms with van der Waals surface area (Å²) in [6.07, 6.45) is 0. The van der Waals surface area contributed by atoms with Crippen LogP contribution in [0.2, 0.25) is 0 Å². The Morgan fingerprint density at radius 3 is 2.85 bits per heavy atom. The number of carbonyl (C=O) groups is 1. The van der Waals surface area contributed by atoms with Gasteiger partial charge in [-0.2, -0.15) is 0 Å². The van der Waals surface area contributed by atoms with Gasteiger partial charge in [0.1, 0.15) is 0 Å². The second-order valence-corrected chi connectivity index (χ2v) is 3.65. The number of esters is 1. The first-order valence-corrected chi connectivity index (χ1v) is 5.96. The third-order valence-electron chi connectivity index (χ3n) is 1.47. The Morgan fingerprint density at radius 2 is 2.31 bits per heavy atom. The molecule has 0 atom stereocenters. The molecule has 0 fully saturated rings. The van der Waals surface area contributed by atoms with Crippen LogP contribution in [-0.4, -0.2) is 36.1 Å². The molecule has 0 saturated heterocycles. The van der Waals surface area contributed by atoms with Crippen molar-refractivity contribution in [1.29, 1.82) is 0 Å². The molecule has 0 heterocycles. The molecule has 0 spiro atoms. The van der Waals surface area contributed by atoms with Gasteiger partial charge in [0.25, 0.3) is 0 Å². The number of phenolic OH excluding ortho intramolecular Hbond substituents is 1. The summed E-state index contributed by atoms with van der Waals surface area (Å²) in [6.45, 7) is 1.35. The van der Waals surface area contributed by atoms with Gasteiger partial charge in [-0.3, -0.25) is 0 Å². The molecule has 0 aliphatic rings. The van der Waals surface area contributed by atoms with Crippen LogP contribution < -0.4 is 4.74 Å². The predicted molar refractivity (Wildman–Crippen MR) is 48.9 cm³/mol. The molecule has 0 aromatic heterocycles. The molecule has 0 amide bonds. The van der Waals surface area contributed by atoms with Gasteiger partial charge in [0.2, 0.25) is 0 Å². The second-order valence-electron chi connectivity index (χ2n) is 2.53. The number of hydrogen-bond donors (Lipinski definition) is 1. The van der Waals surface area contributed by atoms with Crippen molar-refractivity contribution >= 4 is 31.0 Å². The molecular weight excluding hydrogens is 365 g/mol. The van der Waals surface area contributed by atoms with Crippen molar-refractivity contribution in [3.8, 4) is 11.5 Å². The van der Waals surface area contributed by atoms with Gasteiger partial charge in [0, 0.05) is 0 Å². The molecule has 1 aromatic carbocycles. The van der Waals surface area contributed by atoms with Gasteiger partial charge in [0.05, 0.1) is 0 Å². The quantitative estimate of drug-likeness (QED) is 0.621. The fourth-order valence-electron chi connectivity index (χ4n) is 0.907. The first-order valence-electron chi connectivity index (χ1n) is 3.72. The Bertz CT molecular complexity index is 323. The first-order chi connectivity index (χ1) is 6.13. The van der Waals surface area contributed by atoms with E-state index in [2.05, 4.69) is 0 Å². The van der Waals surface area contributed by atoms with Crippen molar-refractivity contribution in [3.63, 3.8) is 0 Å². The van der Waals surface area contributed by atoms with Gasteiger partial charge in [-0.1, -0.05) is 0 Å². The molecule has 69 valence electrons. The molecule has 4 heteroatoms. The van der Waals surface area contributed by atoms with Gasteiger partial charge in [-0.15, -0.1) is 0 Å². The van der Waals surface area contributed by atoms with Crippen LogP contribution in [0.3, 0.4) is 0 Å².